The molecule has 0 spiro atoms. The molecule has 1 amide bonds. The summed E-state index contributed by atoms with van der Waals surface area (Å²) in [6, 6.07) is -0.828. The highest BCUT2D eigenvalue weighted by molar-refractivity contribution is 5.76. The predicted molar refractivity (Wildman–Crippen MR) is 309 cm³/mol. The minimum absolute atomic E-state index is 0.188. The Kier molecular flexibility index (Phi) is 50.7. The zero-order valence-corrected chi connectivity index (χ0v) is 47.6. The Labute approximate surface area is 450 Å². The number of hydrogen-bond donors (Lipinski definition) is 6. The average molecular weight is 1030 g/mol. The summed E-state index contributed by atoms with van der Waals surface area (Å²) in [7, 11) is 0. The molecule has 0 aromatic heterocycles. The lowest BCUT2D eigenvalue weighted by molar-refractivity contribution is -0.302. The number of unbranched alkanes of at least 4 members (excludes halogenated alkanes) is 38. The molecule has 0 bridgehead atoms. The number of nitrogens with one attached hydrogen (secondary N) is 1. The van der Waals surface area contributed by atoms with Crippen molar-refractivity contribution in [3.63, 3.8) is 0 Å². The van der Waals surface area contributed by atoms with Crippen molar-refractivity contribution in [1.82, 2.24) is 5.32 Å². The van der Waals surface area contributed by atoms with Crippen molar-refractivity contribution < 1.29 is 39.8 Å². The van der Waals surface area contributed by atoms with E-state index in [1.165, 1.54) is 225 Å². The van der Waals surface area contributed by atoms with Gasteiger partial charge in [-0.3, -0.25) is 4.79 Å². The third-order valence-corrected chi connectivity index (χ3v) is 14.9. The number of aliphatic hydroxyl groups excluding tert-OH is 5. The molecule has 1 heterocycles. The summed E-state index contributed by atoms with van der Waals surface area (Å²) in [5, 5.41) is 54.4. The van der Waals surface area contributed by atoms with Crippen molar-refractivity contribution in [3.8, 4) is 0 Å². The van der Waals surface area contributed by atoms with Crippen LogP contribution in [0.1, 0.15) is 296 Å². The first-order valence-electron chi connectivity index (χ1n) is 31.4. The van der Waals surface area contributed by atoms with Gasteiger partial charge in [0.1, 0.15) is 24.4 Å². The standard InChI is InChI=1S/C64H119NO8/c1-3-5-7-9-11-13-15-17-19-20-21-22-23-24-25-26-27-28-29-30-31-32-33-34-35-36-37-38-40-42-44-46-48-50-52-54-60(68)65-57(56-72-64-63(71)62(70)61(69)59(55-66)73-64)58(67)53-51-49-47-45-43-41-39-18-16-14-12-10-8-6-4-2/h16,18,26-27,43,45,51,53,57-59,61-64,66-67,69-71H,3-15,17,19-25,28-42,44,46-50,52,54-56H2,1-2H3,(H,65,68)/b18-16+,27-26-,45-43+,53-51+. The highest BCUT2D eigenvalue weighted by Gasteiger charge is 2.44. The second-order valence-electron chi connectivity index (χ2n) is 21.8. The summed E-state index contributed by atoms with van der Waals surface area (Å²) >= 11 is 0. The van der Waals surface area contributed by atoms with Crippen molar-refractivity contribution in [2.45, 2.75) is 339 Å². The number of carbonyl (C=O) groups excluding carboxylic acids is 1. The van der Waals surface area contributed by atoms with E-state index in [4.69, 9.17) is 9.47 Å². The molecule has 1 aliphatic heterocycles. The summed E-state index contributed by atoms with van der Waals surface area (Å²) in [6.45, 7) is 3.76. The number of hydrogen-bond acceptors (Lipinski definition) is 8. The van der Waals surface area contributed by atoms with Gasteiger partial charge >= 0.3 is 0 Å². The van der Waals surface area contributed by atoms with Crippen LogP contribution in [0.4, 0.5) is 0 Å². The highest BCUT2D eigenvalue weighted by Crippen LogP contribution is 2.23. The van der Waals surface area contributed by atoms with Crippen molar-refractivity contribution in [1.29, 1.82) is 0 Å². The fourth-order valence-electron chi connectivity index (χ4n) is 9.89. The molecule has 7 unspecified atom stereocenters. The van der Waals surface area contributed by atoms with Gasteiger partial charge in [-0.25, -0.2) is 0 Å². The van der Waals surface area contributed by atoms with Gasteiger partial charge in [-0.15, -0.1) is 0 Å². The number of rotatable bonds is 54. The van der Waals surface area contributed by atoms with Gasteiger partial charge in [-0.05, 0) is 70.6 Å². The van der Waals surface area contributed by atoms with Crippen LogP contribution in [-0.2, 0) is 14.3 Å². The Morgan fingerprint density at radius 3 is 1.15 bits per heavy atom. The molecular weight excluding hydrogens is 911 g/mol. The second kappa shape index (κ2) is 53.5. The van der Waals surface area contributed by atoms with Crippen LogP contribution in [0.25, 0.3) is 0 Å². The Bertz CT molecular complexity index is 1290. The van der Waals surface area contributed by atoms with E-state index in [0.717, 1.165) is 51.4 Å². The summed E-state index contributed by atoms with van der Waals surface area (Å²) < 4.78 is 11.2. The zero-order valence-electron chi connectivity index (χ0n) is 47.6. The molecule has 1 saturated heterocycles. The van der Waals surface area contributed by atoms with Crippen molar-refractivity contribution in [3.05, 3.63) is 48.6 Å². The van der Waals surface area contributed by atoms with Gasteiger partial charge < -0.3 is 40.3 Å². The maximum absolute atomic E-state index is 13.1. The summed E-state index contributed by atoms with van der Waals surface area (Å²) in [4.78, 5) is 13.1. The van der Waals surface area contributed by atoms with E-state index in [1.54, 1.807) is 6.08 Å². The minimum Gasteiger partial charge on any atom is -0.394 e. The first-order valence-corrected chi connectivity index (χ1v) is 31.4. The van der Waals surface area contributed by atoms with Gasteiger partial charge in [0.15, 0.2) is 6.29 Å². The van der Waals surface area contributed by atoms with Crippen molar-refractivity contribution >= 4 is 5.91 Å². The van der Waals surface area contributed by atoms with Crippen molar-refractivity contribution in [2.75, 3.05) is 13.2 Å². The van der Waals surface area contributed by atoms with Gasteiger partial charge in [-0.2, -0.15) is 0 Å². The van der Waals surface area contributed by atoms with E-state index in [1.807, 2.05) is 6.08 Å². The SMILES string of the molecule is CCCCCCC/C=C/CC/C=C/CC/C=C/C(O)C(COC1OC(CO)C(O)C(O)C1O)NC(=O)CCCCCCCCCCCCCCCCCCC/C=C\CCCCCCCCCCCCCCCC. The molecule has 7 atom stereocenters. The molecule has 0 saturated carbocycles. The van der Waals surface area contributed by atoms with Crippen LogP contribution in [0, 0.1) is 0 Å². The molecule has 6 N–H and O–H groups in total. The molecule has 0 aromatic rings. The van der Waals surface area contributed by atoms with Gasteiger partial charge in [0.05, 0.1) is 25.4 Å². The average Bonchev–Trinajstić information content (AvgIpc) is 3.39. The fourth-order valence-corrected chi connectivity index (χ4v) is 9.89. The quantitative estimate of drug-likeness (QED) is 0.0261. The number of amides is 1. The smallest absolute Gasteiger partial charge is 0.220 e. The molecule has 9 heteroatoms. The molecule has 0 aliphatic carbocycles. The van der Waals surface area contributed by atoms with Crippen LogP contribution in [0.2, 0.25) is 0 Å². The van der Waals surface area contributed by atoms with Gasteiger partial charge in [-0.1, -0.05) is 268 Å². The van der Waals surface area contributed by atoms with Crippen LogP contribution >= 0.6 is 0 Å². The molecule has 0 radical (unpaired) electrons. The molecule has 9 nitrogen and oxygen atoms in total. The molecule has 0 aromatic carbocycles. The molecule has 1 aliphatic rings. The van der Waals surface area contributed by atoms with Crippen LogP contribution in [0.5, 0.6) is 0 Å². The van der Waals surface area contributed by atoms with Gasteiger partial charge in [0.25, 0.3) is 0 Å². The van der Waals surface area contributed by atoms with Crippen LogP contribution in [0.3, 0.4) is 0 Å². The fraction of sp³-hybridized carbons (Fsp3) is 0.859. The zero-order chi connectivity index (χ0) is 52.9. The lowest BCUT2D eigenvalue weighted by atomic mass is 9.99. The Morgan fingerprint density at radius 2 is 0.781 bits per heavy atom. The Morgan fingerprint density at radius 1 is 0.452 bits per heavy atom. The van der Waals surface area contributed by atoms with E-state index in [0.29, 0.717) is 6.42 Å². The molecular formula is C64H119NO8. The summed E-state index contributed by atoms with van der Waals surface area (Å²) in [6.07, 6.45) is 65.0. The lowest BCUT2D eigenvalue weighted by Crippen LogP contribution is -2.60. The van der Waals surface area contributed by atoms with E-state index >= 15 is 0 Å². The van der Waals surface area contributed by atoms with E-state index in [2.05, 4.69) is 55.6 Å². The number of aliphatic hydroxyl groups is 5. The van der Waals surface area contributed by atoms with Crippen LogP contribution < -0.4 is 5.32 Å². The topological polar surface area (TPSA) is 149 Å². The van der Waals surface area contributed by atoms with Gasteiger partial charge in [0, 0.05) is 6.42 Å². The normalized spacial score (nSPS) is 19.4. The van der Waals surface area contributed by atoms with E-state index in [-0.39, 0.29) is 12.5 Å². The maximum atomic E-state index is 13.1. The monoisotopic (exact) mass is 1030 g/mol. The third kappa shape index (κ3) is 42.9. The van der Waals surface area contributed by atoms with Crippen LogP contribution in [0.15, 0.2) is 48.6 Å². The lowest BCUT2D eigenvalue weighted by Gasteiger charge is -2.40. The first kappa shape index (κ1) is 69.2. The largest absolute Gasteiger partial charge is 0.394 e. The highest BCUT2D eigenvalue weighted by atomic mass is 16.7. The minimum atomic E-state index is -1.57. The number of allylic oxidation sites excluding steroid dienone is 7. The second-order valence-corrected chi connectivity index (χ2v) is 21.8. The van der Waals surface area contributed by atoms with E-state index in [9.17, 15) is 30.3 Å². The van der Waals surface area contributed by atoms with Crippen LogP contribution in [-0.4, -0.2) is 87.5 Å². The summed E-state index contributed by atoms with van der Waals surface area (Å²) in [5.41, 5.74) is 0. The molecule has 428 valence electrons. The molecule has 1 fully saturated rings. The molecule has 73 heavy (non-hydrogen) atoms. The van der Waals surface area contributed by atoms with Crippen molar-refractivity contribution in [2.24, 2.45) is 0 Å². The number of carbonyl (C=O) groups is 1. The van der Waals surface area contributed by atoms with E-state index < -0.39 is 49.5 Å². The molecule has 1 rings (SSSR count). The predicted octanol–water partition coefficient (Wildman–Crippen LogP) is 16.1. The number of ether oxygens (including phenoxy) is 2. The Balaban J connectivity index is 2.10. The maximum Gasteiger partial charge on any atom is 0.220 e. The Hall–Kier alpha value is -1.85. The first-order chi connectivity index (χ1) is 35.8. The third-order valence-electron chi connectivity index (χ3n) is 14.9. The van der Waals surface area contributed by atoms with Gasteiger partial charge in [0.2, 0.25) is 5.91 Å². The summed E-state index contributed by atoms with van der Waals surface area (Å²) in [5.74, 6) is -0.188.